The smallest absolute Gasteiger partial charge is 0.282 e. The van der Waals surface area contributed by atoms with Crippen LogP contribution in [0.25, 0.3) is 0 Å². The molecule has 1 amide bonds. The van der Waals surface area contributed by atoms with Gasteiger partial charge in [-0.15, -0.1) is 6.58 Å². The van der Waals surface area contributed by atoms with Gasteiger partial charge in [0.25, 0.3) is 10.2 Å². The Morgan fingerprint density at radius 1 is 1.14 bits per heavy atom. The SMILES string of the molecule is C=CCNC(=O)[C@H](C)N1CCN(S(=O)(=O)N2CCCC2)CC1. The molecule has 126 valence electrons. The molecule has 0 aliphatic carbocycles. The van der Waals surface area contributed by atoms with Crippen molar-refractivity contribution in [2.24, 2.45) is 0 Å². The summed E-state index contributed by atoms with van der Waals surface area (Å²) in [6.07, 6.45) is 3.53. The number of nitrogens with zero attached hydrogens (tertiary/aromatic N) is 3. The number of carbonyl (C=O) groups excluding carboxylic acids is 1. The van der Waals surface area contributed by atoms with Gasteiger partial charge in [0, 0.05) is 45.8 Å². The highest BCUT2D eigenvalue weighted by atomic mass is 32.2. The molecule has 8 heteroatoms. The Morgan fingerprint density at radius 2 is 1.68 bits per heavy atom. The molecule has 1 N–H and O–H groups in total. The monoisotopic (exact) mass is 330 g/mol. The number of hydrogen-bond donors (Lipinski definition) is 1. The molecule has 2 rings (SSSR count). The van der Waals surface area contributed by atoms with E-state index in [1.54, 1.807) is 14.7 Å². The summed E-state index contributed by atoms with van der Waals surface area (Å²) in [6.45, 7) is 9.17. The van der Waals surface area contributed by atoms with Crippen molar-refractivity contribution in [1.82, 2.24) is 18.8 Å². The molecule has 0 radical (unpaired) electrons. The molecule has 1 atom stereocenters. The molecule has 2 heterocycles. The van der Waals surface area contributed by atoms with Gasteiger partial charge in [0.05, 0.1) is 6.04 Å². The number of nitrogens with one attached hydrogen (secondary N) is 1. The Hall–Kier alpha value is -0.960. The molecular weight excluding hydrogens is 304 g/mol. The maximum absolute atomic E-state index is 12.5. The summed E-state index contributed by atoms with van der Waals surface area (Å²) in [4.78, 5) is 14.0. The van der Waals surface area contributed by atoms with Crippen molar-refractivity contribution in [3.8, 4) is 0 Å². The van der Waals surface area contributed by atoms with Crippen LogP contribution in [-0.4, -0.2) is 79.7 Å². The molecule has 0 aromatic heterocycles. The van der Waals surface area contributed by atoms with Crippen LogP contribution in [0.15, 0.2) is 12.7 Å². The number of rotatable bonds is 6. The van der Waals surface area contributed by atoms with Gasteiger partial charge in [0.15, 0.2) is 0 Å². The molecule has 22 heavy (non-hydrogen) atoms. The summed E-state index contributed by atoms with van der Waals surface area (Å²) in [5, 5.41) is 2.78. The van der Waals surface area contributed by atoms with Crippen LogP contribution in [0.4, 0.5) is 0 Å². The van der Waals surface area contributed by atoms with Gasteiger partial charge in [-0.2, -0.15) is 17.0 Å². The van der Waals surface area contributed by atoms with E-state index in [9.17, 15) is 13.2 Å². The summed E-state index contributed by atoms with van der Waals surface area (Å²) in [6, 6.07) is -0.253. The van der Waals surface area contributed by atoms with Gasteiger partial charge >= 0.3 is 0 Å². The molecule has 0 spiro atoms. The lowest BCUT2D eigenvalue weighted by atomic mass is 10.2. The largest absolute Gasteiger partial charge is 0.351 e. The lowest BCUT2D eigenvalue weighted by Crippen LogP contribution is -2.56. The van der Waals surface area contributed by atoms with Crippen LogP contribution in [0.2, 0.25) is 0 Å². The normalized spacial score (nSPS) is 23.3. The molecule has 0 saturated carbocycles. The lowest BCUT2D eigenvalue weighted by Gasteiger charge is -2.38. The van der Waals surface area contributed by atoms with Gasteiger partial charge < -0.3 is 5.32 Å². The van der Waals surface area contributed by atoms with Crippen LogP contribution in [-0.2, 0) is 15.0 Å². The van der Waals surface area contributed by atoms with Crippen LogP contribution in [0, 0.1) is 0 Å². The molecule has 0 unspecified atom stereocenters. The molecule has 0 aromatic rings. The van der Waals surface area contributed by atoms with E-state index in [1.165, 1.54) is 0 Å². The van der Waals surface area contributed by atoms with Gasteiger partial charge in [0.2, 0.25) is 5.91 Å². The molecule has 2 aliphatic heterocycles. The minimum Gasteiger partial charge on any atom is -0.351 e. The first kappa shape index (κ1) is 17.4. The van der Waals surface area contributed by atoms with E-state index < -0.39 is 10.2 Å². The van der Waals surface area contributed by atoms with Crippen LogP contribution < -0.4 is 5.32 Å². The number of piperazine rings is 1. The Morgan fingerprint density at radius 3 is 2.23 bits per heavy atom. The quantitative estimate of drug-likeness (QED) is 0.675. The molecule has 2 fully saturated rings. The van der Waals surface area contributed by atoms with Gasteiger partial charge in [-0.05, 0) is 19.8 Å². The first-order valence-electron chi connectivity index (χ1n) is 7.84. The molecule has 7 nitrogen and oxygen atoms in total. The van der Waals surface area contributed by atoms with Crippen molar-refractivity contribution in [2.75, 3.05) is 45.8 Å². The summed E-state index contributed by atoms with van der Waals surface area (Å²) >= 11 is 0. The Balaban J connectivity index is 1.87. The van der Waals surface area contributed by atoms with Crippen LogP contribution >= 0.6 is 0 Å². The number of amides is 1. The zero-order valence-electron chi connectivity index (χ0n) is 13.2. The second kappa shape index (κ2) is 7.54. The van der Waals surface area contributed by atoms with Crippen LogP contribution in [0.5, 0.6) is 0 Å². The van der Waals surface area contributed by atoms with Gasteiger partial charge in [0.1, 0.15) is 0 Å². The van der Waals surface area contributed by atoms with Crippen molar-refractivity contribution in [2.45, 2.75) is 25.8 Å². The second-order valence-electron chi connectivity index (χ2n) is 5.76. The van der Waals surface area contributed by atoms with E-state index in [0.717, 1.165) is 12.8 Å². The predicted octanol–water partition coefficient (Wildman–Crippen LogP) is -0.365. The van der Waals surface area contributed by atoms with Crippen molar-refractivity contribution < 1.29 is 13.2 Å². The number of carbonyl (C=O) groups is 1. The van der Waals surface area contributed by atoms with Crippen molar-refractivity contribution in [3.63, 3.8) is 0 Å². The maximum atomic E-state index is 12.5. The fourth-order valence-electron chi connectivity index (χ4n) is 2.89. The standard InChI is InChI=1S/C14H26N4O3S/c1-3-6-15-14(19)13(2)16-9-11-18(12-10-16)22(20,21)17-7-4-5-8-17/h3,13H,1,4-12H2,2H3,(H,15,19)/t13-/m0/s1. The second-order valence-corrected chi connectivity index (χ2v) is 7.69. The van der Waals surface area contributed by atoms with E-state index in [0.29, 0.717) is 45.8 Å². The molecule has 0 bridgehead atoms. The minimum absolute atomic E-state index is 0.0456. The fraction of sp³-hybridized carbons (Fsp3) is 0.786. The maximum Gasteiger partial charge on any atom is 0.282 e. The summed E-state index contributed by atoms with van der Waals surface area (Å²) in [5.41, 5.74) is 0. The molecule has 2 saturated heterocycles. The zero-order valence-corrected chi connectivity index (χ0v) is 14.0. The molecule has 0 aromatic carbocycles. The summed E-state index contributed by atoms with van der Waals surface area (Å²) < 4.78 is 28.1. The number of hydrogen-bond acceptors (Lipinski definition) is 4. The van der Waals surface area contributed by atoms with E-state index in [2.05, 4.69) is 11.9 Å². The molecule has 2 aliphatic rings. The van der Waals surface area contributed by atoms with E-state index >= 15 is 0 Å². The third kappa shape index (κ3) is 3.87. The van der Waals surface area contributed by atoms with Crippen LogP contribution in [0.1, 0.15) is 19.8 Å². The highest BCUT2D eigenvalue weighted by Gasteiger charge is 2.35. The average Bonchev–Trinajstić information content (AvgIpc) is 3.07. The van der Waals surface area contributed by atoms with Gasteiger partial charge in [-0.3, -0.25) is 9.69 Å². The average molecular weight is 330 g/mol. The first-order valence-corrected chi connectivity index (χ1v) is 9.24. The Bertz CT molecular complexity index is 494. The van der Waals surface area contributed by atoms with Crippen molar-refractivity contribution in [1.29, 1.82) is 0 Å². The van der Waals surface area contributed by atoms with Crippen LogP contribution in [0.3, 0.4) is 0 Å². The predicted molar refractivity (Wildman–Crippen MR) is 85.5 cm³/mol. The van der Waals surface area contributed by atoms with E-state index in [1.807, 2.05) is 11.8 Å². The third-order valence-electron chi connectivity index (χ3n) is 4.34. The highest BCUT2D eigenvalue weighted by Crippen LogP contribution is 2.18. The zero-order chi connectivity index (χ0) is 16.2. The first-order chi connectivity index (χ1) is 10.5. The van der Waals surface area contributed by atoms with E-state index in [4.69, 9.17) is 0 Å². The van der Waals surface area contributed by atoms with Crippen molar-refractivity contribution >= 4 is 16.1 Å². The van der Waals surface area contributed by atoms with Gasteiger partial charge in [-0.1, -0.05) is 6.08 Å². The third-order valence-corrected chi connectivity index (χ3v) is 6.37. The summed E-state index contributed by atoms with van der Waals surface area (Å²) in [7, 11) is -3.32. The highest BCUT2D eigenvalue weighted by molar-refractivity contribution is 7.86. The van der Waals surface area contributed by atoms with E-state index in [-0.39, 0.29) is 11.9 Å². The lowest BCUT2D eigenvalue weighted by molar-refractivity contribution is -0.126. The minimum atomic E-state index is -3.32. The fourth-order valence-corrected chi connectivity index (χ4v) is 4.56. The van der Waals surface area contributed by atoms with Gasteiger partial charge in [-0.25, -0.2) is 0 Å². The Kier molecular flexibility index (Phi) is 5.96. The molecular formula is C14H26N4O3S. The summed E-state index contributed by atoms with van der Waals surface area (Å²) in [5.74, 6) is -0.0456. The topological polar surface area (TPSA) is 73.0 Å². The van der Waals surface area contributed by atoms with Crippen molar-refractivity contribution in [3.05, 3.63) is 12.7 Å². The Labute approximate surface area is 133 Å².